The Morgan fingerprint density at radius 3 is 2.09 bits per heavy atom. The molecule has 10 heteroatoms. The number of esters is 4. The summed E-state index contributed by atoms with van der Waals surface area (Å²) in [5.41, 5.74) is 0. The maximum atomic E-state index is 11.8. The number of fused-ring (bicyclic) bond motifs is 1. The molecule has 0 spiro atoms. The van der Waals surface area contributed by atoms with Gasteiger partial charge in [-0.05, 0) is 11.5 Å². The molecular formula is C23H24O10. The highest BCUT2D eigenvalue weighted by Crippen LogP contribution is 2.34. The highest BCUT2D eigenvalue weighted by Gasteiger charge is 2.48. The normalized spacial score (nSPS) is 22.2. The van der Waals surface area contributed by atoms with Crippen LogP contribution in [0.3, 0.4) is 0 Å². The van der Waals surface area contributed by atoms with Gasteiger partial charge in [0.05, 0.1) is 6.61 Å². The SMILES string of the molecule is CC(=O)Oc1cc(O[C@@H]2OC[C@@H](OC(C)=O)[C@H](OC(C)=O)[C@H]2OC(C)=O)cc2ccccc12. The summed E-state index contributed by atoms with van der Waals surface area (Å²) in [5.74, 6) is -1.97. The zero-order valence-corrected chi connectivity index (χ0v) is 18.6. The van der Waals surface area contributed by atoms with Crippen molar-refractivity contribution in [2.45, 2.75) is 52.3 Å². The van der Waals surface area contributed by atoms with Crippen molar-refractivity contribution in [2.24, 2.45) is 0 Å². The van der Waals surface area contributed by atoms with Crippen LogP contribution in [0.5, 0.6) is 11.5 Å². The van der Waals surface area contributed by atoms with Gasteiger partial charge in [0.25, 0.3) is 0 Å². The van der Waals surface area contributed by atoms with E-state index in [0.717, 1.165) is 5.39 Å². The molecule has 0 bridgehead atoms. The van der Waals surface area contributed by atoms with Gasteiger partial charge in [-0.15, -0.1) is 0 Å². The lowest BCUT2D eigenvalue weighted by Gasteiger charge is -2.40. The van der Waals surface area contributed by atoms with Crippen LogP contribution < -0.4 is 9.47 Å². The quantitative estimate of drug-likeness (QED) is 0.360. The fraction of sp³-hybridized carbons (Fsp3) is 0.391. The Kier molecular flexibility index (Phi) is 7.49. The van der Waals surface area contributed by atoms with Crippen LogP contribution in [-0.2, 0) is 38.1 Å². The Balaban J connectivity index is 1.95. The molecule has 3 rings (SSSR count). The summed E-state index contributed by atoms with van der Waals surface area (Å²) in [6, 6.07) is 10.4. The fourth-order valence-electron chi connectivity index (χ4n) is 3.50. The lowest BCUT2D eigenvalue weighted by atomic mass is 10.0. The molecule has 1 aliphatic heterocycles. The minimum Gasteiger partial charge on any atom is -0.461 e. The molecule has 1 fully saturated rings. The molecule has 2 aromatic rings. The topological polar surface area (TPSA) is 124 Å². The molecule has 0 aromatic heterocycles. The molecule has 1 heterocycles. The first-order valence-electron chi connectivity index (χ1n) is 10.1. The Labute approximate surface area is 189 Å². The predicted octanol–water partition coefficient (Wildman–Crippen LogP) is 2.30. The molecule has 4 atom stereocenters. The number of carbonyl (C=O) groups is 4. The average molecular weight is 460 g/mol. The Morgan fingerprint density at radius 1 is 0.818 bits per heavy atom. The van der Waals surface area contributed by atoms with Crippen molar-refractivity contribution in [1.82, 2.24) is 0 Å². The Bertz CT molecular complexity index is 1060. The first-order chi connectivity index (χ1) is 15.6. The molecule has 2 aromatic carbocycles. The predicted molar refractivity (Wildman–Crippen MR) is 112 cm³/mol. The number of hydrogen-bond donors (Lipinski definition) is 0. The summed E-state index contributed by atoms with van der Waals surface area (Å²) >= 11 is 0. The van der Waals surface area contributed by atoms with E-state index in [1.165, 1.54) is 33.8 Å². The second-order valence-corrected chi connectivity index (χ2v) is 7.35. The molecular weight excluding hydrogens is 436 g/mol. The van der Waals surface area contributed by atoms with Crippen LogP contribution in [0.4, 0.5) is 0 Å². The minimum absolute atomic E-state index is 0.176. The van der Waals surface area contributed by atoms with E-state index in [0.29, 0.717) is 5.39 Å². The van der Waals surface area contributed by atoms with Gasteiger partial charge in [-0.25, -0.2) is 0 Å². The lowest BCUT2D eigenvalue weighted by Crippen LogP contribution is -2.59. The zero-order chi connectivity index (χ0) is 24.1. The minimum atomic E-state index is -1.24. The van der Waals surface area contributed by atoms with Gasteiger partial charge in [0.1, 0.15) is 11.5 Å². The van der Waals surface area contributed by atoms with Gasteiger partial charge in [-0.3, -0.25) is 19.2 Å². The van der Waals surface area contributed by atoms with Crippen molar-refractivity contribution < 1.29 is 47.6 Å². The first kappa shape index (κ1) is 24.0. The van der Waals surface area contributed by atoms with Gasteiger partial charge in [0.15, 0.2) is 12.2 Å². The van der Waals surface area contributed by atoms with Crippen molar-refractivity contribution >= 4 is 34.6 Å². The zero-order valence-electron chi connectivity index (χ0n) is 18.6. The molecule has 0 N–H and O–H groups in total. The van der Waals surface area contributed by atoms with E-state index >= 15 is 0 Å². The fourth-order valence-corrected chi connectivity index (χ4v) is 3.50. The third-order valence-corrected chi connectivity index (χ3v) is 4.61. The standard InChI is InChI=1S/C23H24O10/c1-12(24)29-19-10-17(9-16-7-5-6-8-18(16)19)33-23-22(32-15(4)27)21(31-14(3)26)20(11-28-23)30-13(2)25/h5-10,20-23H,11H2,1-4H3/t20-,21+,22-,23+/m1/s1. The lowest BCUT2D eigenvalue weighted by molar-refractivity contribution is -0.259. The first-order valence-corrected chi connectivity index (χ1v) is 10.1. The van der Waals surface area contributed by atoms with E-state index in [-0.39, 0.29) is 18.1 Å². The van der Waals surface area contributed by atoms with Gasteiger partial charge in [-0.2, -0.15) is 0 Å². The Morgan fingerprint density at radius 2 is 1.45 bits per heavy atom. The van der Waals surface area contributed by atoms with E-state index in [2.05, 4.69) is 0 Å². The molecule has 10 nitrogen and oxygen atoms in total. The number of rotatable bonds is 6. The van der Waals surface area contributed by atoms with Crippen LogP contribution in [0, 0.1) is 0 Å². The van der Waals surface area contributed by atoms with Gasteiger partial charge < -0.3 is 28.4 Å². The third-order valence-electron chi connectivity index (χ3n) is 4.61. The highest BCUT2D eigenvalue weighted by atomic mass is 16.7. The van der Waals surface area contributed by atoms with E-state index in [4.69, 9.17) is 28.4 Å². The molecule has 176 valence electrons. The van der Waals surface area contributed by atoms with Crippen molar-refractivity contribution in [2.75, 3.05) is 6.61 Å². The van der Waals surface area contributed by atoms with Gasteiger partial charge in [-0.1, -0.05) is 24.3 Å². The summed E-state index contributed by atoms with van der Waals surface area (Å²) in [4.78, 5) is 46.5. The van der Waals surface area contributed by atoms with Crippen LogP contribution in [0.25, 0.3) is 10.8 Å². The molecule has 0 saturated carbocycles. The second kappa shape index (κ2) is 10.3. The molecule has 0 amide bonds. The van der Waals surface area contributed by atoms with Crippen LogP contribution in [0.1, 0.15) is 27.7 Å². The third kappa shape index (κ3) is 6.19. The summed E-state index contributed by atoms with van der Waals surface area (Å²) in [7, 11) is 0. The van der Waals surface area contributed by atoms with E-state index in [1.54, 1.807) is 24.3 Å². The number of ether oxygens (including phenoxy) is 6. The van der Waals surface area contributed by atoms with E-state index < -0.39 is 48.5 Å². The van der Waals surface area contributed by atoms with Crippen molar-refractivity contribution in [3.05, 3.63) is 36.4 Å². The molecule has 1 saturated heterocycles. The average Bonchev–Trinajstić information content (AvgIpc) is 2.71. The maximum absolute atomic E-state index is 11.8. The molecule has 0 radical (unpaired) electrons. The smallest absolute Gasteiger partial charge is 0.308 e. The van der Waals surface area contributed by atoms with Gasteiger partial charge >= 0.3 is 23.9 Å². The summed E-state index contributed by atoms with van der Waals surface area (Å²) < 4.78 is 32.8. The van der Waals surface area contributed by atoms with Crippen LogP contribution in [0.2, 0.25) is 0 Å². The van der Waals surface area contributed by atoms with Gasteiger partial charge in [0.2, 0.25) is 12.4 Å². The molecule has 0 unspecified atom stereocenters. The van der Waals surface area contributed by atoms with Crippen LogP contribution in [0.15, 0.2) is 36.4 Å². The van der Waals surface area contributed by atoms with Crippen LogP contribution >= 0.6 is 0 Å². The maximum Gasteiger partial charge on any atom is 0.308 e. The summed E-state index contributed by atoms with van der Waals surface area (Å²) in [6.45, 7) is 4.65. The van der Waals surface area contributed by atoms with Crippen molar-refractivity contribution in [1.29, 1.82) is 0 Å². The van der Waals surface area contributed by atoms with E-state index in [9.17, 15) is 19.2 Å². The second-order valence-electron chi connectivity index (χ2n) is 7.35. The summed E-state index contributed by atoms with van der Waals surface area (Å²) in [5, 5.41) is 1.41. The Hall–Kier alpha value is -3.66. The monoisotopic (exact) mass is 460 g/mol. The molecule has 33 heavy (non-hydrogen) atoms. The van der Waals surface area contributed by atoms with Crippen molar-refractivity contribution in [3.8, 4) is 11.5 Å². The van der Waals surface area contributed by atoms with Gasteiger partial charge in [0, 0.05) is 39.1 Å². The number of carbonyl (C=O) groups excluding carboxylic acids is 4. The largest absolute Gasteiger partial charge is 0.461 e. The summed E-state index contributed by atoms with van der Waals surface area (Å²) in [6.07, 6.45) is -4.63. The number of benzene rings is 2. The van der Waals surface area contributed by atoms with Crippen molar-refractivity contribution in [3.63, 3.8) is 0 Å². The van der Waals surface area contributed by atoms with Crippen LogP contribution in [-0.4, -0.2) is 55.1 Å². The number of hydrogen-bond acceptors (Lipinski definition) is 10. The highest BCUT2D eigenvalue weighted by molar-refractivity contribution is 5.91. The molecule has 0 aliphatic carbocycles. The molecule has 1 aliphatic rings. The van der Waals surface area contributed by atoms with E-state index in [1.807, 2.05) is 6.07 Å².